The van der Waals surface area contributed by atoms with Crippen molar-refractivity contribution in [3.63, 3.8) is 0 Å². The van der Waals surface area contributed by atoms with E-state index in [-0.39, 0.29) is 18.3 Å². The second-order valence-electron chi connectivity index (χ2n) is 5.24. The number of aryl methyl sites for hydroxylation is 1. The lowest BCUT2D eigenvalue weighted by Gasteiger charge is -2.17. The Balaban J connectivity index is 2.20. The molecule has 0 aromatic heterocycles. The van der Waals surface area contributed by atoms with E-state index in [9.17, 15) is 15.0 Å². The number of primary amides is 1. The van der Waals surface area contributed by atoms with Crippen molar-refractivity contribution in [2.24, 2.45) is 5.73 Å². The first kappa shape index (κ1) is 13.8. The summed E-state index contributed by atoms with van der Waals surface area (Å²) in [5.74, 6) is -0.145. The standard InChI is InChI=1S/C14H20N2O3/c1-7-3-4-10(17)13-9(5-8(2)12(7)13)16-6-11(18)14(15)19/h3-4,8-9,11,16-18H,5-6H2,1-2H3,(H2,15,19). The molecule has 5 N–H and O–H groups in total. The molecule has 1 aliphatic rings. The zero-order valence-electron chi connectivity index (χ0n) is 11.2. The first-order valence-corrected chi connectivity index (χ1v) is 6.45. The maximum atomic E-state index is 10.8. The highest BCUT2D eigenvalue weighted by atomic mass is 16.3. The summed E-state index contributed by atoms with van der Waals surface area (Å²) in [5, 5.41) is 22.6. The van der Waals surface area contributed by atoms with Gasteiger partial charge in [-0.25, -0.2) is 0 Å². The molecule has 3 atom stereocenters. The number of carbonyl (C=O) groups excluding carboxylic acids is 1. The minimum atomic E-state index is -1.20. The number of aliphatic hydroxyl groups is 1. The predicted octanol–water partition coefficient (Wildman–Crippen LogP) is 0.685. The van der Waals surface area contributed by atoms with Gasteiger partial charge in [0.1, 0.15) is 11.9 Å². The molecule has 0 fully saturated rings. The van der Waals surface area contributed by atoms with Crippen molar-refractivity contribution in [1.29, 1.82) is 0 Å². The summed E-state index contributed by atoms with van der Waals surface area (Å²) in [7, 11) is 0. The number of carbonyl (C=O) groups is 1. The van der Waals surface area contributed by atoms with Gasteiger partial charge in [0.15, 0.2) is 0 Å². The number of hydrogen-bond acceptors (Lipinski definition) is 4. The van der Waals surface area contributed by atoms with E-state index in [2.05, 4.69) is 12.2 Å². The third-order valence-electron chi connectivity index (χ3n) is 3.80. The number of nitrogens with one attached hydrogen (secondary N) is 1. The van der Waals surface area contributed by atoms with E-state index in [4.69, 9.17) is 5.73 Å². The zero-order chi connectivity index (χ0) is 14.2. The minimum Gasteiger partial charge on any atom is -0.508 e. The summed E-state index contributed by atoms with van der Waals surface area (Å²) >= 11 is 0. The van der Waals surface area contributed by atoms with Gasteiger partial charge in [-0.2, -0.15) is 0 Å². The van der Waals surface area contributed by atoms with Gasteiger partial charge in [-0.1, -0.05) is 13.0 Å². The molecule has 19 heavy (non-hydrogen) atoms. The van der Waals surface area contributed by atoms with E-state index in [1.807, 2.05) is 13.0 Å². The minimum absolute atomic E-state index is 0.0566. The topological polar surface area (TPSA) is 95.6 Å². The maximum Gasteiger partial charge on any atom is 0.247 e. The molecule has 0 radical (unpaired) electrons. The van der Waals surface area contributed by atoms with E-state index in [1.165, 1.54) is 0 Å². The van der Waals surface area contributed by atoms with Crippen LogP contribution in [0.15, 0.2) is 12.1 Å². The Kier molecular flexibility index (Phi) is 3.78. The van der Waals surface area contributed by atoms with E-state index in [0.717, 1.165) is 23.1 Å². The highest BCUT2D eigenvalue weighted by Gasteiger charge is 2.32. The lowest BCUT2D eigenvalue weighted by atomic mass is 9.97. The molecule has 104 valence electrons. The average Bonchev–Trinajstić information content (AvgIpc) is 2.69. The van der Waals surface area contributed by atoms with Crippen LogP contribution in [0.5, 0.6) is 5.75 Å². The second-order valence-corrected chi connectivity index (χ2v) is 5.24. The van der Waals surface area contributed by atoms with Gasteiger partial charge in [-0.15, -0.1) is 0 Å². The molecule has 3 unspecified atom stereocenters. The van der Waals surface area contributed by atoms with Crippen molar-refractivity contribution in [2.45, 2.75) is 38.3 Å². The molecular weight excluding hydrogens is 244 g/mol. The van der Waals surface area contributed by atoms with Gasteiger partial charge in [-0.05, 0) is 36.5 Å². The molecule has 1 amide bonds. The summed E-state index contributed by atoms with van der Waals surface area (Å²) in [6.07, 6.45) is -0.370. The highest BCUT2D eigenvalue weighted by molar-refractivity contribution is 5.78. The van der Waals surface area contributed by atoms with E-state index in [0.29, 0.717) is 5.92 Å². The van der Waals surface area contributed by atoms with Crippen molar-refractivity contribution in [1.82, 2.24) is 5.32 Å². The summed E-state index contributed by atoms with van der Waals surface area (Å²) in [6, 6.07) is 3.54. The number of aliphatic hydroxyl groups excluding tert-OH is 1. The molecular formula is C14H20N2O3. The molecule has 1 aromatic carbocycles. The maximum absolute atomic E-state index is 10.8. The Labute approximate surface area is 112 Å². The smallest absolute Gasteiger partial charge is 0.247 e. The lowest BCUT2D eigenvalue weighted by Crippen LogP contribution is -2.38. The average molecular weight is 264 g/mol. The van der Waals surface area contributed by atoms with Crippen LogP contribution in [0.1, 0.15) is 42.0 Å². The number of hydrogen-bond donors (Lipinski definition) is 4. The van der Waals surface area contributed by atoms with Crippen molar-refractivity contribution >= 4 is 5.91 Å². The van der Waals surface area contributed by atoms with Gasteiger partial charge in [0, 0.05) is 18.2 Å². The molecule has 0 spiro atoms. The number of fused-ring (bicyclic) bond motifs is 1. The third kappa shape index (κ3) is 2.57. The lowest BCUT2D eigenvalue weighted by molar-refractivity contribution is -0.125. The predicted molar refractivity (Wildman–Crippen MR) is 71.8 cm³/mol. The quantitative estimate of drug-likeness (QED) is 0.643. The normalized spacial score (nSPS) is 23.1. The number of nitrogens with two attached hydrogens (primary N) is 1. The Morgan fingerprint density at radius 3 is 2.84 bits per heavy atom. The van der Waals surface area contributed by atoms with Crippen LogP contribution >= 0.6 is 0 Å². The first-order valence-electron chi connectivity index (χ1n) is 6.45. The van der Waals surface area contributed by atoms with Crippen molar-refractivity contribution in [2.75, 3.05) is 6.54 Å². The van der Waals surface area contributed by atoms with E-state index >= 15 is 0 Å². The molecule has 1 aromatic rings. The van der Waals surface area contributed by atoms with Gasteiger partial charge in [0.25, 0.3) is 0 Å². The number of amides is 1. The fraction of sp³-hybridized carbons (Fsp3) is 0.500. The fourth-order valence-corrected chi connectivity index (χ4v) is 2.88. The summed E-state index contributed by atoms with van der Waals surface area (Å²) in [5.41, 5.74) is 8.21. The summed E-state index contributed by atoms with van der Waals surface area (Å²) in [4.78, 5) is 10.8. The molecule has 0 saturated heterocycles. The Bertz CT molecular complexity index is 502. The highest BCUT2D eigenvalue weighted by Crippen LogP contribution is 2.45. The van der Waals surface area contributed by atoms with E-state index in [1.54, 1.807) is 6.07 Å². The molecule has 0 saturated carbocycles. The first-order chi connectivity index (χ1) is 8.91. The van der Waals surface area contributed by atoms with Crippen molar-refractivity contribution in [3.8, 4) is 5.75 Å². The Hall–Kier alpha value is -1.59. The number of benzene rings is 1. The number of phenolic OH excluding ortho intramolecular Hbond substituents is 1. The number of phenols is 1. The van der Waals surface area contributed by atoms with Crippen molar-refractivity contribution in [3.05, 3.63) is 28.8 Å². The van der Waals surface area contributed by atoms with Crippen LogP contribution in [-0.2, 0) is 4.79 Å². The second kappa shape index (κ2) is 5.19. The SMILES string of the molecule is Cc1ccc(O)c2c1C(C)CC2NCC(O)C(N)=O. The summed E-state index contributed by atoms with van der Waals surface area (Å²) < 4.78 is 0. The van der Waals surface area contributed by atoms with Gasteiger partial charge in [0.05, 0.1) is 0 Å². The third-order valence-corrected chi connectivity index (χ3v) is 3.80. The van der Waals surface area contributed by atoms with E-state index < -0.39 is 12.0 Å². The molecule has 2 rings (SSSR count). The van der Waals surface area contributed by atoms with Crippen molar-refractivity contribution < 1.29 is 15.0 Å². The fourth-order valence-electron chi connectivity index (χ4n) is 2.88. The van der Waals surface area contributed by atoms with Crippen LogP contribution in [-0.4, -0.2) is 28.8 Å². The van der Waals surface area contributed by atoms with Gasteiger partial charge < -0.3 is 21.3 Å². The molecule has 0 aliphatic heterocycles. The largest absolute Gasteiger partial charge is 0.508 e. The van der Waals surface area contributed by atoms with Crippen LogP contribution in [0.4, 0.5) is 0 Å². The zero-order valence-corrected chi connectivity index (χ0v) is 11.2. The van der Waals surface area contributed by atoms with Crippen LogP contribution in [0, 0.1) is 6.92 Å². The Morgan fingerprint density at radius 1 is 1.53 bits per heavy atom. The number of rotatable bonds is 4. The molecule has 0 heterocycles. The van der Waals surface area contributed by atoms with Crippen LogP contribution in [0.25, 0.3) is 0 Å². The Morgan fingerprint density at radius 2 is 2.21 bits per heavy atom. The van der Waals surface area contributed by atoms with Gasteiger partial charge in [0.2, 0.25) is 5.91 Å². The molecule has 0 bridgehead atoms. The van der Waals surface area contributed by atoms with Crippen LogP contribution in [0.2, 0.25) is 0 Å². The number of aromatic hydroxyl groups is 1. The molecule has 5 heteroatoms. The van der Waals surface area contributed by atoms with Crippen LogP contribution < -0.4 is 11.1 Å². The summed E-state index contributed by atoms with van der Waals surface area (Å²) in [6.45, 7) is 4.23. The van der Waals surface area contributed by atoms with Gasteiger partial charge in [-0.3, -0.25) is 4.79 Å². The van der Waals surface area contributed by atoms with Gasteiger partial charge >= 0.3 is 0 Å². The van der Waals surface area contributed by atoms with Crippen LogP contribution in [0.3, 0.4) is 0 Å². The monoisotopic (exact) mass is 264 g/mol. The molecule has 1 aliphatic carbocycles. The molecule has 5 nitrogen and oxygen atoms in total.